The van der Waals surface area contributed by atoms with Crippen LogP contribution in [0, 0.1) is 0 Å². The first-order valence-corrected chi connectivity index (χ1v) is 7.92. The molecule has 3 nitrogen and oxygen atoms in total. The van der Waals surface area contributed by atoms with Crippen molar-refractivity contribution in [3.63, 3.8) is 0 Å². The predicted molar refractivity (Wildman–Crippen MR) is 73.3 cm³/mol. The number of aryl methyl sites for hydroxylation is 1. The van der Waals surface area contributed by atoms with Gasteiger partial charge in [-0.3, -0.25) is 0 Å². The Bertz CT molecular complexity index is 423. The van der Waals surface area contributed by atoms with E-state index in [1.807, 2.05) is 12.1 Å². The second kappa shape index (κ2) is 6.64. The minimum atomic E-state index is -2.87. The molecule has 17 heavy (non-hydrogen) atoms. The van der Waals surface area contributed by atoms with Gasteiger partial charge < -0.3 is 5.32 Å². The van der Waals surface area contributed by atoms with Crippen molar-refractivity contribution in [2.75, 3.05) is 23.4 Å². The largest absolute Gasteiger partial charge is 0.384 e. The molecule has 1 rings (SSSR count). The SMILES string of the molecule is CCCc1ccc(NCCS(=O)(=O)CC)cc1. The molecule has 0 unspecified atom stereocenters. The summed E-state index contributed by atoms with van der Waals surface area (Å²) in [6, 6.07) is 8.17. The zero-order valence-electron chi connectivity index (χ0n) is 10.6. The molecule has 0 radical (unpaired) electrons. The molecule has 4 heteroatoms. The van der Waals surface area contributed by atoms with Gasteiger partial charge >= 0.3 is 0 Å². The van der Waals surface area contributed by atoms with Gasteiger partial charge in [-0.25, -0.2) is 8.42 Å². The summed E-state index contributed by atoms with van der Waals surface area (Å²) in [6.45, 7) is 4.31. The first-order chi connectivity index (χ1) is 8.07. The zero-order valence-corrected chi connectivity index (χ0v) is 11.4. The minimum Gasteiger partial charge on any atom is -0.384 e. The normalized spacial score (nSPS) is 11.4. The molecule has 0 atom stereocenters. The van der Waals surface area contributed by atoms with Crippen molar-refractivity contribution in [3.8, 4) is 0 Å². The Morgan fingerprint density at radius 1 is 1.12 bits per heavy atom. The van der Waals surface area contributed by atoms with Crippen LogP contribution in [0.2, 0.25) is 0 Å². The molecular formula is C13H21NO2S. The summed E-state index contributed by atoms with van der Waals surface area (Å²) < 4.78 is 22.6. The van der Waals surface area contributed by atoms with Crippen LogP contribution < -0.4 is 5.32 Å². The van der Waals surface area contributed by atoms with Crippen molar-refractivity contribution in [1.29, 1.82) is 0 Å². The molecule has 1 N–H and O–H groups in total. The van der Waals surface area contributed by atoms with E-state index in [-0.39, 0.29) is 11.5 Å². The predicted octanol–water partition coefficient (Wildman–Crippen LogP) is 2.49. The van der Waals surface area contributed by atoms with Crippen molar-refractivity contribution >= 4 is 15.5 Å². The van der Waals surface area contributed by atoms with Gasteiger partial charge in [0.1, 0.15) is 0 Å². The molecule has 1 aromatic rings. The first-order valence-electron chi connectivity index (χ1n) is 6.10. The summed E-state index contributed by atoms with van der Waals surface area (Å²) >= 11 is 0. The molecule has 96 valence electrons. The molecule has 0 fully saturated rings. The number of hydrogen-bond donors (Lipinski definition) is 1. The fourth-order valence-corrected chi connectivity index (χ4v) is 2.27. The van der Waals surface area contributed by atoms with E-state index in [9.17, 15) is 8.42 Å². The van der Waals surface area contributed by atoms with Crippen molar-refractivity contribution in [3.05, 3.63) is 29.8 Å². The Balaban J connectivity index is 2.42. The number of rotatable bonds is 7. The lowest BCUT2D eigenvalue weighted by atomic mass is 10.1. The van der Waals surface area contributed by atoms with Crippen molar-refractivity contribution in [2.45, 2.75) is 26.7 Å². The fourth-order valence-electron chi connectivity index (χ4n) is 1.57. The van der Waals surface area contributed by atoms with Crippen LogP contribution in [0.5, 0.6) is 0 Å². The van der Waals surface area contributed by atoms with Gasteiger partial charge in [-0.15, -0.1) is 0 Å². The molecule has 0 spiro atoms. The van der Waals surface area contributed by atoms with E-state index in [2.05, 4.69) is 24.4 Å². The molecular weight excluding hydrogens is 234 g/mol. The van der Waals surface area contributed by atoms with Gasteiger partial charge in [0.05, 0.1) is 5.75 Å². The van der Waals surface area contributed by atoms with Gasteiger partial charge in [0.15, 0.2) is 9.84 Å². The second-order valence-corrected chi connectivity index (χ2v) is 6.58. The third-order valence-corrected chi connectivity index (χ3v) is 4.38. The number of hydrogen-bond acceptors (Lipinski definition) is 3. The minimum absolute atomic E-state index is 0.195. The van der Waals surface area contributed by atoms with Crippen LogP contribution in [0.1, 0.15) is 25.8 Å². The van der Waals surface area contributed by atoms with Crippen molar-refractivity contribution in [1.82, 2.24) is 0 Å². The fraction of sp³-hybridized carbons (Fsp3) is 0.538. The standard InChI is InChI=1S/C13H21NO2S/c1-3-5-12-6-8-13(9-7-12)14-10-11-17(15,16)4-2/h6-9,14H,3-5,10-11H2,1-2H3. The van der Waals surface area contributed by atoms with Crippen LogP contribution >= 0.6 is 0 Å². The Morgan fingerprint density at radius 3 is 2.29 bits per heavy atom. The maximum absolute atomic E-state index is 11.3. The average Bonchev–Trinajstić information content (AvgIpc) is 2.32. The third kappa shape index (κ3) is 5.22. The van der Waals surface area contributed by atoms with Crippen molar-refractivity contribution < 1.29 is 8.42 Å². The summed E-state index contributed by atoms with van der Waals surface area (Å²) in [5.41, 5.74) is 2.30. The Labute approximate surface area is 104 Å². The monoisotopic (exact) mass is 255 g/mol. The molecule has 0 saturated heterocycles. The van der Waals surface area contributed by atoms with Crippen LogP contribution in [0.25, 0.3) is 0 Å². The highest BCUT2D eigenvalue weighted by molar-refractivity contribution is 7.91. The third-order valence-electron chi connectivity index (χ3n) is 2.67. The van der Waals surface area contributed by atoms with E-state index in [4.69, 9.17) is 0 Å². The highest BCUT2D eigenvalue weighted by Gasteiger charge is 2.05. The lowest BCUT2D eigenvalue weighted by Crippen LogP contribution is -2.17. The van der Waals surface area contributed by atoms with E-state index in [0.29, 0.717) is 6.54 Å². The summed E-state index contributed by atoms with van der Waals surface area (Å²) in [5, 5.41) is 3.13. The smallest absolute Gasteiger partial charge is 0.151 e. The lowest BCUT2D eigenvalue weighted by Gasteiger charge is -2.07. The highest BCUT2D eigenvalue weighted by Crippen LogP contribution is 2.10. The van der Waals surface area contributed by atoms with Crippen LogP contribution in [0.4, 0.5) is 5.69 Å². The average molecular weight is 255 g/mol. The van der Waals surface area contributed by atoms with E-state index in [1.54, 1.807) is 6.92 Å². The molecule has 0 heterocycles. The summed E-state index contributed by atoms with van der Waals surface area (Å²) in [5.74, 6) is 0.407. The zero-order chi connectivity index (χ0) is 12.7. The first kappa shape index (κ1) is 14.0. The van der Waals surface area contributed by atoms with E-state index in [0.717, 1.165) is 18.5 Å². The topological polar surface area (TPSA) is 46.2 Å². The van der Waals surface area contributed by atoms with Crippen LogP contribution in [0.3, 0.4) is 0 Å². The molecule has 0 amide bonds. The van der Waals surface area contributed by atoms with E-state index in [1.165, 1.54) is 5.56 Å². The molecule has 1 aromatic carbocycles. The van der Waals surface area contributed by atoms with E-state index >= 15 is 0 Å². The Hall–Kier alpha value is -1.03. The molecule has 0 aromatic heterocycles. The summed E-state index contributed by atoms with van der Waals surface area (Å²) in [6.07, 6.45) is 2.23. The van der Waals surface area contributed by atoms with Gasteiger partial charge in [-0.2, -0.15) is 0 Å². The molecule has 0 aliphatic heterocycles. The Morgan fingerprint density at radius 2 is 1.76 bits per heavy atom. The molecule has 0 saturated carbocycles. The molecule has 0 bridgehead atoms. The van der Waals surface area contributed by atoms with Crippen LogP contribution in [-0.4, -0.2) is 26.5 Å². The van der Waals surface area contributed by atoms with Crippen molar-refractivity contribution in [2.24, 2.45) is 0 Å². The maximum Gasteiger partial charge on any atom is 0.151 e. The van der Waals surface area contributed by atoms with Gasteiger partial charge in [0.25, 0.3) is 0 Å². The Kier molecular flexibility index (Phi) is 5.48. The number of anilines is 1. The van der Waals surface area contributed by atoms with Crippen LogP contribution in [-0.2, 0) is 16.3 Å². The van der Waals surface area contributed by atoms with Gasteiger partial charge in [0, 0.05) is 18.0 Å². The summed E-state index contributed by atoms with van der Waals surface area (Å²) in [7, 11) is -2.87. The van der Waals surface area contributed by atoms with Gasteiger partial charge in [-0.1, -0.05) is 32.4 Å². The van der Waals surface area contributed by atoms with Crippen LogP contribution in [0.15, 0.2) is 24.3 Å². The number of sulfone groups is 1. The molecule has 0 aliphatic carbocycles. The maximum atomic E-state index is 11.3. The van der Waals surface area contributed by atoms with E-state index < -0.39 is 9.84 Å². The summed E-state index contributed by atoms with van der Waals surface area (Å²) in [4.78, 5) is 0. The molecule has 0 aliphatic rings. The number of nitrogens with one attached hydrogen (secondary N) is 1. The van der Waals surface area contributed by atoms with Gasteiger partial charge in [0.2, 0.25) is 0 Å². The number of benzene rings is 1. The quantitative estimate of drug-likeness (QED) is 0.814. The van der Waals surface area contributed by atoms with Gasteiger partial charge in [-0.05, 0) is 24.1 Å². The highest BCUT2D eigenvalue weighted by atomic mass is 32.2. The lowest BCUT2D eigenvalue weighted by molar-refractivity contribution is 0.597. The second-order valence-electron chi connectivity index (χ2n) is 4.11.